The highest BCUT2D eigenvalue weighted by molar-refractivity contribution is 7.16. The van der Waals surface area contributed by atoms with E-state index in [1.165, 1.54) is 23.3 Å². The molecule has 0 aromatic carbocycles. The second kappa shape index (κ2) is 3.03. The number of ether oxygens (including phenoxy) is 1. The van der Waals surface area contributed by atoms with E-state index in [1.807, 2.05) is 0 Å². The highest BCUT2D eigenvalue weighted by Gasteiger charge is 2.25. The first-order valence-corrected chi connectivity index (χ1v) is 5.04. The van der Waals surface area contributed by atoms with Crippen LogP contribution in [0.2, 0.25) is 0 Å². The number of hydrogen-bond acceptors (Lipinski definition) is 4. The number of carbonyl (C=O) groups excluding carboxylic acids is 1. The van der Waals surface area contributed by atoms with Crippen molar-refractivity contribution in [2.24, 2.45) is 0 Å². The first-order valence-electron chi connectivity index (χ1n) is 4.22. The Kier molecular flexibility index (Phi) is 2.00. The van der Waals surface area contributed by atoms with E-state index in [9.17, 15) is 4.79 Å². The first-order chi connectivity index (χ1) is 6.24. The van der Waals surface area contributed by atoms with Crippen molar-refractivity contribution >= 4 is 22.3 Å². The molecule has 70 valence electrons. The zero-order valence-corrected chi connectivity index (χ0v) is 8.24. The smallest absolute Gasteiger partial charge is 0.341 e. The van der Waals surface area contributed by atoms with Crippen LogP contribution in [0.15, 0.2) is 0 Å². The van der Waals surface area contributed by atoms with Crippen LogP contribution in [0.5, 0.6) is 0 Å². The Bertz CT molecular complexity index is 357. The lowest BCUT2D eigenvalue weighted by Crippen LogP contribution is -2.05. The Morgan fingerprint density at radius 2 is 2.31 bits per heavy atom. The Morgan fingerprint density at radius 3 is 3.00 bits per heavy atom. The average Bonchev–Trinajstić information content (AvgIpc) is 2.62. The summed E-state index contributed by atoms with van der Waals surface area (Å²) in [5.74, 6) is -0.295. The second-order valence-corrected chi connectivity index (χ2v) is 4.22. The standard InChI is InChI=1S/C9H11NO2S/c1-12-9(11)7-5-3-2-4-6(5)13-8(7)10/h2-4,10H2,1H3. The molecule has 0 bridgehead atoms. The van der Waals surface area contributed by atoms with Gasteiger partial charge in [-0.2, -0.15) is 0 Å². The third kappa shape index (κ3) is 1.21. The third-order valence-corrected chi connectivity index (χ3v) is 3.46. The van der Waals surface area contributed by atoms with Crippen LogP contribution in [-0.2, 0) is 17.6 Å². The number of carbonyl (C=O) groups is 1. The van der Waals surface area contributed by atoms with Gasteiger partial charge in [-0.3, -0.25) is 0 Å². The van der Waals surface area contributed by atoms with Gasteiger partial charge in [0.1, 0.15) is 5.00 Å². The summed E-state index contributed by atoms with van der Waals surface area (Å²) in [4.78, 5) is 12.6. The van der Waals surface area contributed by atoms with Gasteiger partial charge >= 0.3 is 5.97 Å². The maximum Gasteiger partial charge on any atom is 0.341 e. The van der Waals surface area contributed by atoms with Gasteiger partial charge in [-0.05, 0) is 24.8 Å². The Morgan fingerprint density at radius 1 is 1.54 bits per heavy atom. The fourth-order valence-electron chi connectivity index (χ4n) is 1.75. The number of aryl methyl sites for hydroxylation is 1. The van der Waals surface area contributed by atoms with Gasteiger partial charge < -0.3 is 10.5 Å². The van der Waals surface area contributed by atoms with E-state index in [4.69, 9.17) is 5.73 Å². The summed E-state index contributed by atoms with van der Waals surface area (Å²) < 4.78 is 4.69. The first kappa shape index (κ1) is 8.56. The number of hydrogen-bond donors (Lipinski definition) is 1. The van der Waals surface area contributed by atoms with Gasteiger partial charge in [0.05, 0.1) is 12.7 Å². The molecule has 0 fully saturated rings. The SMILES string of the molecule is COC(=O)c1c(N)sc2c1CCC2. The minimum Gasteiger partial charge on any atom is -0.465 e. The largest absolute Gasteiger partial charge is 0.465 e. The predicted molar refractivity (Wildman–Crippen MR) is 52.1 cm³/mol. The molecule has 0 unspecified atom stereocenters. The van der Waals surface area contributed by atoms with E-state index in [-0.39, 0.29) is 5.97 Å². The molecule has 1 aliphatic carbocycles. The van der Waals surface area contributed by atoms with Crippen molar-refractivity contribution in [2.75, 3.05) is 12.8 Å². The minimum atomic E-state index is -0.295. The van der Waals surface area contributed by atoms with Gasteiger partial charge in [0.25, 0.3) is 0 Å². The summed E-state index contributed by atoms with van der Waals surface area (Å²) in [5.41, 5.74) is 7.48. The third-order valence-electron chi connectivity index (χ3n) is 2.34. The van der Waals surface area contributed by atoms with Crippen LogP contribution in [0.4, 0.5) is 5.00 Å². The maximum atomic E-state index is 11.4. The topological polar surface area (TPSA) is 52.3 Å². The lowest BCUT2D eigenvalue weighted by atomic mass is 10.1. The number of fused-ring (bicyclic) bond motifs is 1. The molecule has 0 spiro atoms. The summed E-state index contributed by atoms with van der Waals surface area (Å²) in [6, 6.07) is 0. The van der Waals surface area contributed by atoms with Crippen molar-refractivity contribution in [2.45, 2.75) is 19.3 Å². The van der Waals surface area contributed by atoms with Gasteiger partial charge in [0, 0.05) is 4.88 Å². The molecule has 4 heteroatoms. The van der Waals surface area contributed by atoms with Crippen molar-refractivity contribution in [1.82, 2.24) is 0 Å². The van der Waals surface area contributed by atoms with Crippen molar-refractivity contribution in [1.29, 1.82) is 0 Å². The number of thiophene rings is 1. The van der Waals surface area contributed by atoms with Gasteiger partial charge in [0.15, 0.2) is 0 Å². The van der Waals surface area contributed by atoms with E-state index in [1.54, 1.807) is 0 Å². The lowest BCUT2D eigenvalue weighted by molar-refractivity contribution is 0.0601. The molecule has 2 N–H and O–H groups in total. The van der Waals surface area contributed by atoms with Gasteiger partial charge in [-0.1, -0.05) is 0 Å². The minimum absolute atomic E-state index is 0.295. The van der Waals surface area contributed by atoms with Crippen LogP contribution in [0, 0.1) is 0 Å². The molecular weight excluding hydrogens is 186 g/mol. The monoisotopic (exact) mass is 197 g/mol. The molecule has 0 saturated heterocycles. The highest BCUT2D eigenvalue weighted by atomic mass is 32.1. The van der Waals surface area contributed by atoms with Crippen molar-refractivity contribution in [3.63, 3.8) is 0 Å². The van der Waals surface area contributed by atoms with Crippen molar-refractivity contribution in [3.05, 3.63) is 16.0 Å². The zero-order valence-electron chi connectivity index (χ0n) is 7.42. The van der Waals surface area contributed by atoms with Gasteiger partial charge in [-0.15, -0.1) is 11.3 Å². The number of nitrogen functional groups attached to an aromatic ring is 1. The molecule has 1 aliphatic rings. The summed E-state index contributed by atoms with van der Waals surface area (Å²) in [6.45, 7) is 0. The van der Waals surface area contributed by atoms with E-state index >= 15 is 0 Å². The number of methoxy groups -OCH3 is 1. The Balaban J connectivity index is 2.50. The molecule has 0 atom stereocenters. The van der Waals surface area contributed by atoms with Crippen LogP contribution >= 0.6 is 11.3 Å². The normalized spacial score (nSPS) is 14.2. The fraction of sp³-hybridized carbons (Fsp3) is 0.444. The summed E-state index contributed by atoms with van der Waals surface area (Å²) >= 11 is 1.52. The molecule has 1 aromatic heterocycles. The summed E-state index contributed by atoms with van der Waals surface area (Å²) in [6.07, 6.45) is 3.15. The zero-order chi connectivity index (χ0) is 9.42. The highest BCUT2D eigenvalue weighted by Crippen LogP contribution is 2.37. The number of anilines is 1. The van der Waals surface area contributed by atoms with Crippen LogP contribution in [-0.4, -0.2) is 13.1 Å². The molecule has 1 heterocycles. The number of nitrogens with two attached hydrogens (primary N) is 1. The van der Waals surface area contributed by atoms with Crippen LogP contribution in [0.3, 0.4) is 0 Å². The van der Waals surface area contributed by atoms with E-state index < -0.39 is 0 Å². The number of rotatable bonds is 1. The number of esters is 1. The summed E-state index contributed by atoms with van der Waals surface area (Å²) in [7, 11) is 1.39. The fourth-order valence-corrected chi connectivity index (χ4v) is 2.90. The van der Waals surface area contributed by atoms with E-state index in [0.717, 1.165) is 24.8 Å². The molecule has 0 amide bonds. The predicted octanol–water partition coefficient (Wildman–Crippen LogP) is 1.61. The molecule has 0 aliphatic heterocycles. The van der Waals surface area contributed by atoms with Crippen molar-refractivity contribution in [3.8, 4) is 0 Å². The summed E-state index contributed by atoms with van der Waals surface area (Å²) in [5, 5.41) is 0.608. The molecule has 0 radical (unpaired) electrons. The van der Waals surface area contributed by atoms with E-state index in [0.29, 0.717) is 10.6 Å². The molecule has 3 nitrogen and oxygen atoms in total. The molecule has 2 rings (SSSR count). The maximum absolute atomic E-state index is 11.4. The van der Waals surface area contributed by atoms with Crippen LogP contribution in [0.25, 0.3) is 0 Å². The molecular formula is C9H11NO2S. The Hall–Kier alpha value is -1.03. The van der Waals surface area contributed by atoms with Gasteiger partial charge in [0.2, 0.25) is 0 Å². The molecule has 0 saturated carbocycles. The van der Waals surface area contributed by atoms with Crippen LogP contribution in [0.1, 0.15) is 27.2 Å². The average molecular weight is 197 g/mol. The Labute approximate surface area is 80.5 Å². The lowest BCUT2D eigenvalue weighted by Gasteiger charge is -1.99. The van der Waals surface area contributed by atoms with Crippen molar-refractivity contribution < 1.29 is 9.53 Å². The quantitative estimate of drug-likeness (QED) is 0.696. The second-order valence-electron chi connectivity index (χ2n) is 3.09. The van der Waals surface area contributed by atoms with Crippen LogP contribution < -0.4 is 5.73 Å². The molecule has 13 heavy (non-hydrogen) atoms. The molecule has 1 aromatic rings. The van der Waals surface area contributed by atoms with Gasteiger partial charge in [-0.25, -0.2) is 4.79 Å². The van der Waals surface area contributed by atoms with E-state index in [2.05, 4.69) is 4.74 Å².